The molecule has 1 saturated heterocycles. The van der Waals surface area contributed by atoms with Crippen LogP contribution in [0.3, 0.4) is 0 Å². The Hall–Kier alpha value is -2.71. The molecule has 0 atom stereocenters. The second-order valence-corrected chi connectivity index (χ2v) is 7.95. The first-order chi connectivity index (χ1) is 14.3. The van der Waals surface area contributed by atoms with E-state index in [4.69, 9.17) is 21.7 Å². The van der Waals surface area contributed by atoms with Gasteiger partial charge in [0.1, 0.15) is 5.57 Å². The van der Waals surface area contributed by atoms with E-state index in [1.54, 1.807) is 12.1 Å². The number of hydrogen-bond donors (Lipinski definition) is 1. The highest BCUT2D eigenvalue weighted by Gasteiger charge is 2.35. The summed E-state index contributed by atoms with van der Waals surface area (Å²) in [5, 5.41) is 2.66. The average molecular weight is 489 g/mol. The topological polar surface area (TPSA) is 67.9 Å². The largest absolute Gasteiger partial charge is 0.493 e. The summed E-state index contributed by atoms with van der Waals surface area (Å²) in [6.45, 7) is 6.22. The number of nitrogens with zero attached hydrogens (tertiary/aromatic N) is 1. The van der Waals surface area contributed by atoms with Gasteiger partial charge in [-0.15, -0.1) is 0 Å². The third kappa shape index (κ3) is 4.24. The van der Waals surface area contributed by atoms with Crippen LogP contribution in [0.1, 0.15) is 23.6 Å². The molecule has 2 aromatic rings. The SMILES string of the molecule is CCOc1cc(Br)c(/C=C2\C(=O)NC(=S)N(c3ccc(C)cc3C)C2=O)cc1OC. The zero-order valence-electron chi connectivity index (χ0n) is 17.0. The van der Waals surface area contributed by atoms with Gasteiger partial charge in [-0.1, -0.05) is 33.6 Å². The molecule has 6 nitrogen and oxygen atoms in total. The minimum atomic E-state index is -0.550. The van der Waals surface area contributed by atoms with Crippen molar-refractivity contribution in [3.8, 4) is 11.5 Å². The molecule has 3 rings (SSSR count). The Morgan fingerprint density at radius 2 is 1.90 bits per heavy atom. The maximum absolute atomic E-state index is 13.3. The number of methoxy groups -OCH3 is 1. The molecule has 0 radical (unpaired) electrons. The number of amides is 2. The molecule has 2 aromatic carbocycles. The third-order valence-corrected chi connectivity index (χ3v) is 5.55. The number of ether oxygens (including phenoxy) is 2. The molecule has 0 saturated carbocycles. The summed E-state index contributed by atoms with van der Waals surface area (Å²) in [6, 6.07) is 9.12. The fourth-order valence-corrected chi connectivity index (χ4v) is 3.89. The first kappa shape index (κ1) is 22.0. The minimum absolute atomic E-state index is 0.0320. The van der Waals surface area contributed by atoms with Crippen molar-refractivity contribution in [3.05, 3.63) is 57.1 Å². The maximum Gasteiger partial charge on any atom is 0.270 e. The summed E-state index contributed by atoms with van der Waals surface area (Å²) in [5.41, 5.74) is 3.14. The average Bonchev–Trinajstić information content (AvgIpc) is 2.68. The van der Waals surface area contributed by atoms with Gasteiger partial charge in [0.2, 0.25) is 0 Å². The van der Waals surface area contributed by atoms with Crippen LogP contribution in [0.25, 0.3) is 6.08 Å². The molecule has 1 N–H and O–H groups in total. The fraction of sp³-hybridized carbons (Fsp3) is 0.227. The molecular formula is C22H21BrN2O4S. The van der Waals surface area contributed by atoms with Gasteiger partial charge in [0.15, 0.2) is 16.6 Å². The van der Waals surface area contributed by atoms with Crippen LogP contribution in [0, 0.1) is 13.8 Å². The highest BCUT2D eigenvalue weighted by Crippen LogP contribution is 2.35. The van der Waals surface area contributed by atoms with Crippen LogP contribution >= 0.6 is 28.1 Å². The summed E-state index contributed by atoms with van der Waals surface area (Å²) in [5.74, 6) is 0.0186. The van der Waals surface area contributed by atoms with Crippen LogP contribution in [-0.2, 0) is 9.59 Å². The number of aryl methyl sites for hydroxylation is 2. The van der Waals surface area contributed by atoms with Crippen molar-refractivity contribution in [2.75, 3.05) is 18.6 Å². The highest BCUT2D eigenvalue weighted by molar-refractivity contribution is 9.10. The number of benzene rings is 2. The Kier molecular flexibility index (Phi) is 6.58. The smallest absolute Gasteiger partial charge is 0.270 e. The van der Waals surface area contributed by atoms with Gasteiger partial charge in [0, 0.05) is 4.47 Å². The van der Waals surface area contributed by atoms with Crippen LogP contribution in [0.5, 0.6) is 11.5 Å². The molecular weight excluding hydrogens is 468 g/mol. The Balaban J connectivity index is 2.07. The summed E-state index contributed by atoms with van der Waals surface area (Å²) in [4.78, 5) is 27.2. The Morgan fingerprint density at radius 1 is 1.17 bits per heavy atom. The number of halogens is 1. The van der Waals surface area contributed by atoms with Crippen molar-refractivity contribution in [3.63, 3.8) is 0 Å². The standard InChI is InChI=1S/C22H21BrN2O4S/c1-5-29-19-11-16(23)14(10-18(19)28-4)9-15-20(26)24-22(30)25(21(15)27)17-7-6-12(2)8-13(17)3/h6-11H,5H2,1-4H3,(H,24,26,30)/b15-9+. The Bertz CT molecular complexity index is 1080. The van der Waals surface area contributed by atoms with E-state index in [1.165, 1.54) is 18.1 Å². The first-order valence-corrected chi connectivity index (χ1v) is 10.5. The lowest BCUT2D eigenvalue weighted by Gasteiger charge is -2.30. The van der Waals surface area contributed by atoms with E-state index in [9.17, 15) is 9.59 Å². The van der Waals surface area contributed by atoms with E-state index >= 15 is 0 Å². The van der Waals surface area contributed by atoms with Crippen molar-refractivity contribution in [2.24, 2.45) is 0 Å². The molecule has 8 heteroatoms. The predicted octanol–water partition coefficient (Wildman–Crippen LogP) is 4.30. The van der Waals surface area contributed by atoms with E-state index in [0.29, 0.717) is 33.8 Å². The van der Waals surface area contributed by atoms with Gasteiger partial charge < -0.3 is 9.47 Å². The first-order valence-electron chi connectivity index (χ1n) is 9.25. The molecule has 156 valence electrons. The Labute approximate surface area is 189 Å². The number of rotatable bonds is 5. The third-order valence-electron chi connectivity index (χ3n) is 4.58. The number of nitrogens with one attached hydrogen (secondary N) is 1. The quantitative estimate of drug-likeness (QED) is 0.385. The summed E-state index contributed by atoms with van der Waals surface area (Å²) < 4.78 is 11.6. The lowest BCUT2D eigenvalue weighted by molar-refractivity contribution is -0.122. The van der Waals surface area contributed by atoms with Gasteiger partial charge in [0.25, 0.3) is 11.8 Å². The molecule has 1 aliphatic rings. The second-order valence-electron chi connectivity index (χ2n) is 6.71. The normalized spacial score (nSPS) is 15.4. The summed E-state index contributed by atoms with van der Waals surface area (Å²) in [7, 11) is 1.53. The molecule has 0 bridgehead atoms. The van der Waals surface area contributed by atoms with Gasteiger partial charge in [-0.25, -0.2) is 0 Å². The highest BCUT2D eigenvalue weighted by atomic mass is 79.9. The van der Waals surface area contributed by atoms with Crippen LogP contribution in [0.2, 0.25) is 0 Å². The van der Waals surface area contributed by atoms with E-state index in [0.717, 1.165) is 11.1 Å². The zero-order chi connectivity index (χ0) is 22.0. The molecule has 1 fully saturated rings. The zero-order valence-corrected chi connectivity index (χ0v) is 19.4. The van der Waals surface area contributed by atoms with Crippen LogP contribution in [0.4, 0.5) is 5.69 Å². The number of hydrogen-bond acceptors (Lipinski definition) is 5. The molecule has 0 aromatic heterocycles. The van der Waals surface area contributed by atoms with Gasteiger partial charge in [-0.3, -0.25) is 19.8 Å². The lowest BCUT2D eigenvalue weighted by Crippen LogP contribution is -2.54. The minimum Gasteiger partial charge on any atom is -0.493 e. The van der Waals surface area contributed by atoms with Crippen LogP contribution in [0.15, 0.2) is 40.4 Å². The molecule has 0 spiro atoms. The summed E-state index contributed by atoms with van der Waals surface area (Å²) >= 11 is 8.76. The molecule has 1 aliphatic heterocycles. The Morgan fingerprint density at radius 3 is 2.53 bits per heavy atom. The number of carbonyl (C=O) groups excluding carboxylic acids is 2. The van der Waals surface area contributed by atoms with E-state index in [2.05, 4.69) is 21.2 Å². The predicted molar refractivity (Wildman–Crippen MR) is 124 cm³/mol. The van der Waals surface area contributed by atoms with Crippen LogP contribution < -0.4 is 19.7 Å². The van der Waals surface area contributed by atoms with Gasteiger partial charge >= 0.3 is 0 Å². The molecule has 0 unspecified atom stereocenters. The van der Waals surface area contributed by atoms with E-state index in [1.807, 2.05) is 39.0 Å². The van der Waals surface area contributed by atoms with E-state index in [-0.39, 0.29) is 10.7 Å². The fourth-order valence-electron chi connectivity index (χ4n) is 3.18. The van der Waals surface area contributed by atoms with Gasteiger partial charge in [-0.2, -0.15) is 0 Å². The monoisotopic (exact) mass is 488 g/mol. The van der Waals surface area contributed by atoms with Crippen LogP contribution in [-0.4, -0.2) is 30.6 Å². The molecule has 2 amide bonds. The van der Waals surface area contributed by atoms with Crippen molar-refractivity contribution in [1.29, 1.82) is 0 Å². The molecule has 30 heavy (non-hydrogen) atoms. The summed E-state index contributed by atoms with van der Waals surface area (Å²) in [6.07, 6.45) is 1.51. The van der Waals surface area contributed by atoms with Crippen molar-refractivity contribution in [1.82, 2.24) is 5.32 Å². The van der Waals surface area contributed by atoms with Gasteiger partial charge in [-0.05, 0) is 68.4 Å². The van der Waals surface area contributed by atoms with Gasteiger partial charge in [0.05, 0.1) is 19.4 Å². The second kappa shape index (κ2) is 8.97. The number of anilines is 1. The maximum atomic E-state index is 13.3. The lowest BCUT2D eigenvalue weighted by atomic mass is 10.0. The van der Waals surface area contributed by atoms with E-state index < -0.39 is 11.8 Å². The number of carbonyl (C=O) groups is 2. The molecule has 0 aliphatic carbocycles. The van der Waals surface area contributed by atoms with Crippen molar-refractivity contribution >= 4 is 56.8 Å². The molecule has 1 heterocycles. The number of thiocarbonyl (C=S) groups is 1. The van der Waals surface area contributed by atoms with Crippen molar-refractivity contribution in [2.45, 2.75) is 20.8 Å². The van der Waals surface area contributed by atoms with Crippen molar-refractivity contribution < 1.29 is 19.1 Å².